The van der Waals surface area contributed by atoms with Gasteiger partial charge < -0.3 is 9.64 Å². The first-order chi connectivity index (χ1) is 14.7. The molecule has 1 aromatic carbocycles. The van der Waals surface area contributed by atoms with Crippen molar-refractivity contribution in [3.63, 3.8) is 0 Å². The van der Waals surface area contributed by atoms with Crippen LogP contribution in [0.25, 0.3) is 0 Å². The number of carbonyl (C=O) groups is 2. The molecule has 0 saturated heterocycles. The van der Waals surface area contributed by atoms with Crippen molar-refractivity contribution in [3.8, 4) is 0 Å². The van der Waals surface area contributed by atoms with Crippen molar-refractivity contribution in [3.05, 3.63) is 41.6 Å². The first-order valence-electron chi connectivity index (χ1n) is 11.6. The molecular formula is C26H36N2O3. The zero-order valence-electron chi connectivity index (χ0n) is 19.6. The van der Waals surface area contributed by atoms with E-state index >= 15 is 0 Å². The normalized spacial score (nSPS) is 19.0. The number of fused-ring (bicyclic) bond motifs is 1. The largest absolute Gasteiger partial charge is 0.460 e. The van der Waals surface area contributed by atoms with Crippen LogP contribution in [0.1, 0.15) is 78.7 Å². The van der Waals surface area contributed by atoms with E-state index in [9.17, 15) is 9.59 Å². The zero-order valence-corrected chi connectivity index (χ0v) is 19.6. The van der Waals surface area contributed by atoms with Crippen molar-refractivity contribution in [2.24, 2.45) is 10.9 Å². The summed E-state index contributed by atoms with van der Waals surface area (Å²) >= 11 is 0. The van der Waals surface area contributed by atoms with Gasteiger partial charge >= 0.3 is 5.97 Å². The van der Waals surface area contributed by atoms with E-state index in [1.807, 2.05) is 57.0 Å². The lowest BCUT2D eigenvalue weighted by molar-refractivity contribution is -0.157. The van der Waals surface area contributed by atoms with Gasteiger partial charge in [-0.3, -0.25) is 14.6 Å². The molecule has 0 N–H and O–H groups in total. The lowest BCUT2D eigenvalue weighted by Crippen LogP contribution is -2.46. The third-order valence-electron chi connectivity index (χ3n) is 5.81. The molecule has 2 atom stereocenters. The molecule has 2 heterocycles. The molecule has 1 aromatic rings. The zero-order chi connectivity index (χ0) is 22.6. The quantitative estimate of drug-likeness (QED) is 0.509. The molecule has 0 bridgehead atoms. The fraction of sp³-hybridized carbons (Fsp3) is 0.577. The number of amides is 1. The molecular weight excluding hydrogens is 388 g/mol. The number of aliphatic imine (C=N–C) groups is 1. The predicted octanol–water partition coefficient (Wildman–Crippen LogP) is 5.62. The minimum Gasteiger partial charge on any atom is -0.460 e. The molecule has 31 heavy (non-hydrogen) atoms. The second-order valence-corrected chi connectivity index (χ2v) is 9.67. The number of nitrogens with zero attached hydrogens (tertiary/aromatic N) is 2. The molecule has 1 amide bonds. The van der Waals surface area contributed by atoms with Crippen LogP contribution in [-0.4, -0.2) is 29.2 Å². The van der Waals surface area contributed by atoms with Gasteiger partial charge in [-0.05, 0) is 50.8 Å². The highest BCUT2D eigenvalue weighted by molar-refractivity contribution is 6.08. The summed E-state index contributed by atoms with van der Waals surface area (Å²) in [4.78, 5) is 33.0. The molecule has 0 aromatic heterocycles. The summed E-state index contributed by atoms with van der Waals surface area (Å²) in [5, 5.41) is 0. The van der Waals surface area contributed by atoms with Gasteiger partial charge in [-0.25, -0.2) is 0 Å². The number of benzene rings is 1. The van der Waals surface area contributed by atoms with Crippen molar-refractivity contribution < 1.29 is 14.3 Å². The Balaban J connectivity index is 1.84. The third-order valence-corrected chi connectivity index (χ3v) is 5.81. The second kappa shape index (κ2) is 9.80. The molecule has 2 aliphatic heterocycles. The SMILES string of the molecule is CCCC1=CN=C(C2Cc3ccccc3N2C(=O)C(CCC)CC(=O)OC(C)(C)C)C1. The van der Waals surface area contributed by atoms with Crippen LogP contribution in [0.3, 0.4) is 0 Å². The van der Waals surface area contributed by atoms with E-state index in [-0.39, 0.29) is 24.3 Å². The molecule has 0 fully saturated rings. The Bertz CT molecular complexity index is 879. The Morgan fingerprint density at radius 1 is 1.19 bits per heavy atom. The van der Waals surface area contributed by atoms with E-state index in [4.69, 9.17) is 9.73 Å². The molecule has 0 aliphatic carbocycles. The van der Waals surface area contributed by atoms with E-state index < -0.39 is 11.5 Å². The molecule has 2 unspecified atom stereocenters. The minimum atomic E-state index is -0.556. The Labute approximate surface area is 186 Å². The van der Waals surface area contributed by atoms with E-state index in [1.165, 1.54) is 11.1 Å². The molecule has 3 rings (SSSR count). The minimum absolute atomic E-state index is 0.00861. The standard InChI is InChI=1S/C26H36N2O3/c1-6-10-18-14-21(27-17-18)23-15-19-12-8-9-13-22(19)28(23)25(30)20(11-7-2)16-24(29)31-26(3,4)5/h8-9,12-13,17,20,23H,6-7,10-11,14-16H2,1-5H3. The lowest BCUT2D eigenvalue weighted by atomic mass is 9.95. The first kappa shape index (κ1) is 23.2. The second-order valence-electron chi connectivity index (χ2n) is 9.67. The predicted molar refractivity (Wildman–Crippen MR) is 125 cm³/mol. The number of ether oxygens (including phenoxy) is 1. The van der Waals surface area contributed by atoms with Crippen LogP contribution in [0.4, 0.5) is 5.69 Å². The van der Waals surface area contributed by atoms with Gasteiger partial charge in [0.25, 0.3) is 0 Å². The molecule has 0 radical (unpaired) electrons. The summed E-state index contributed by atoms with van der Waals surface area (Å²) in [5.74, 6) is -0.693. The molecule has 5 heteroatoms. The van der Waals surface area contributed by atoms with E-state index in [0.717, 1.165) is 43.5 Å². The maximum atomic E-state index is 13.8. The molecule has 0 spiro atoms. The molecule has 2 aliphatic rings. The average molecular weight is 425 g/mol. The Morgan fingerprint density at radius 3 is 2.61 bits per heavy atom. The Hall–Kier alpha value is -2.43. The molecule has 0 saturated carbocycles. The number of anilines is 1. The van der Waals surface area contributed by atoms with Crippen LogP contribution in [0.15, 0.2) is 41.0 Å². The molecule has 168 valence electrons. The van der Waals surface area contributed by atoms with Crippen LogP contribution in [0.5, 0.6) is 0 Å². The van der Waals surface area contributed by atoms with Crippen molar-refractivity contribution in [1.82, 2.24) is 0 Å². The van der Waals surface area contributed by atoms with Crippen LogP contribution >= 0.6 is 0 Å². The number of para-hydroxylation sites is 1. The van der Waals surface area contributed by atoms with Gasteiger partial charge in [0, 0.05) is 36.4 Å². The number of carbonyl (C=O) groups excluding carboxylic acids is 2. The van der Waals surface area contributed by atoms with Crippen LogP contribution in [0, 0.1) is 5.92 Å². The summed E-state index contributed by atoms with van der Waals surface area (Å²) < 4.78 is 5.52. The summed E-state index contributed by atoms with van der Waals surface area (Å²) in [6.07, 6.45) is 7.34. The highest BCUT2D eigenvalue weighted by Crippen LogP contribution is 2.37. The van der Waals surface area contributed by atoms with E-state index in [1.54, 1.807) is 0 Å². The fourth-order valence-corrected chi connectivity index (χ4v) is 4.54. The monoisotopic (exact) mass is 424 g/mol. The van der Waals surface area contributed by atoms with E-state index in [0.29, 0.717) is 6.42 Å². The number of allylic oxidation sites excluding steroid dienone is 1. The molecule has 5 nitrogen and oxygen atoms in total. The van der Waals surface area contributed by atoms with Gasteiger partial charge in [0.05, 0.1) is 12.5 Å². The van der Waals surface area contributed by atoms with Gasteiger partial charge in [0.15, 0.2) is 0 Å². The van der Waals surface area contributed by atoms with Gasteiger partial charge in [0.1, 0.15) is 5.60 Å². The van der Waals surface area contributed by atoms with Crippen molar-refractivity contribution in [2.75, 3.05) is 4.90 Å². The Kier molecular flexibility index (Phi) is 7.34. The highest BCUT2D eigenvalue weighted by atomic mass is 16.6. The summed E-state index contributed by atoms with van der Waals surface area (Å²) in [5.41, 5.74) is 3.95. The lowest BCUT2D eigenvalue weighted by Gasteiger charge is -2.30. The summed E-state index contributed by atoms with van der Waals surface area (Å²) in [6.45, 7) is 9.78. The van der Waals surface area contributed by atoms with Crippen LogP contribution < -0.4 is 4.90 Å². The number of hydrogen-bond donors (Lipinski definition) is 0. The van der Waals surface area contributed by atoms with Gasteiger partial charge in [-0.2, -0.15) is 0 Å². The van der Waals surface area contributed by atoms with Gasteiger partial charge in [-0.15, -0.1) is 0 Å². The maximum absolute atomic E-state index is 13.8. The van der Waals surface area contributed by atoms with E-state index in [2.05, 4.69) is 13.0 Å². The average Bonchev–Trinajstić information content (AvgIpc) is 3.30. The number of hydrogen-bond acceptors (Lipinski definition) is 4. The highest BCUT2D eigenvalue weighted by Gasteiger charge is 2.40. The first-order valence-corrected chi connectivity index (χ1v) is 11.6. The van der Waals surface area contributed by atoms with Crippen molar-refractivity contribution >= 4 is 23.3 Å². The van der Waals surface area contributed by atoms with Gasteiger partial charge in [0.2, 0.25) is 5.91 Å². The fourth-order valence-electron chi connectivity index (χ4n) is 4.54. The van der Waals surface area contributed by atoms with Gasteiger partial charge in [-0.1, -0.05) is 44.9 Å². The smallest absolute Gasteiger partial charge is 0.307 e. The Morgan fingerprint density at radius 2 is 1.94 bits per heavy atom. The summed E-state index contributed by atoms with van der Waals surface area (Å²) in [6, 6.07) is 8.02. The summed E-state index contributed by atoms with van der Waals surface area (Å²) in [7, 11) is 0. The number of rotatable bonds is 8. The van der Waals surface area contributed by atoms with Crippen LogP contribution in [-0.2, 0) is 20.7 Å². The maximum Gasteiger partial charge on any atom is 0.307 e. The topological polar surface area (TPSA) is 59.0 Å². The van der Waals surface area contributed by atoms with Crippen molar-refractivity contribution in [1.29, 1.82) is 0 Å². The van der Waals surface area contributed by atoms with Crippen molar-refractivity contribution in [2.45, 2.75) is 91.2 Å². The third kappa shape index (κ3) is 5.63. The van der Waals surface area contributed by atoms with Crippen LogP contribution in [0.2, 0.25) is 0 Å². The number of esters is 1.